The summed E-state index contributed by atoms with van der Waals surface area (Å²) in [6.07, 6.45) is -5.70. The molecule has 34 heavy (non-hydrogen) atoms. The summed E-state index contributed by atoms with van der Waals surface area (Å²) in [7, 11) is 0. The standard InChI is InChI=1S/C21H20ClF3N2O7/c1-11(2)8-19(34-26)33-20(28)12(3)31-18-10-14(5-6-16(18)27(29)30)32-17-7-4-13(9-15(17)22)21(23,24)25/h4-10,12,19H,26H2,1-3H3. The number of alkyl halides is 3. The average Bonchev–Trinajstić information content (AvgIpc) is 2.73. The van der Waals surface area contributed by atoms with Crippen LogP contribution in [0.25, 0.3) is 0 Å². The molecule has 0 aliphatic carbocycles. The molecule has 13 heteroatoms. The van der Waals surface area contributed by atoms with E-state index >= 15 is 0 Å². The van der Waals surface area contributed by atoms with Crippen LogP contribution in [0.4, 0.5) is 18.9 Å². The number of nitro benzene ring substituents is 1. The first-order valence-corrected chi connectivity index (χ1v) is 9.90. The van der Waals surface area contributed by atoms with Crippen LogP contribution in [0.5, 0.6) is 17.2 Å². The SMILES string of the molecule is CC(C)=CC(ON)OC(=O)C(C)Oc1cc(Oc2ccc(C(F)(F)F)cc2Cl)ccc1[N+](=O)[O-]. The van der Waals surface area contributed by atoms with E-state index in [0.717, 1.165) is 29.8 Å². The van der Waals surface area contributed by atoms with Crippen molar-refractivity contribution in [3.05, 3.63) is 68.7 Å². The first-order chi connectivity index (χ1) is 15.8. The van der Waals surface area contributed by atoms with Crippen LogP contribution in [0.1, 0.15) is 26.3 Å². The molecular weight excluding hydrogens is 485 g/mol. The van der Waals surface area contributed by atoms with Crippen molar-refractivity contribution >= 4 is 23.3 Å². The molecule has 184 valence electrons. The van der Waals surface area contributed by atoms with Crippen LogP contribution in [-0.2, 0) is 20.5 Å². The minimum atomic E-state index is -4.60. The molecule has 0 amide bonds. The number of hydrogen-bond acceptors (Lipinski definition) is 8. The number of carbonyl (C=O) groups excluding carboxylic acids is 1. The van der Waals surface area contributed by atoms with Gasteiger partial charge in [0, 0.05) is 12.1 Å². The summed E-state index contributed by atoms with van der Waals surface area (Å²) in [6, 6.07) is 5.77. The van der Waals surface area contributed by atoms with Crippen LogP contribution < -0.4 is 15.4 Å². The van der Waals surface area contributed by atoms with Gasteiger partial charge in [0.15, 0.2) is 6.10 Å². The lowest BCUT2D eigenvalue weighted by molar-refractivity contribution is -0.386. The lowest BCUT2D eigenvalue weighted by Crippen LogP contribution is -2.32. The lowest BCUT2D eigenvalue weighted by atomic mass is 10.2. The number of allylic oxidation sites excluding steroid dienone is 1. The minimum Gasteiger partial charge on any atom is -0.472 e. The molecule has 2 rings (SSSR count). The maximum Gasteiger partial charge on any atom is 0.416 e. The highest BCUT2D eigenvalue weighted by Crippen LogP contribution is 2.38. The summed E-state index contributed by atoms with van der Waals surface area (Å²) in [5, 5.41) is 11.0. The number of rotatable bonds is 9. The maximum atomic E-state index is 12.8. The quantitative estimate of drug-likeness (QED) is 0.155. The zero-order valence-corrected chi connectivity index (χ0v) is 18.8. The van der Waals surface area contributed by atoms with Gasteiger partial charge in [0.25, 0.3) is 0 Å². The number of halogens is 4. The molecule has 0 aliphatic heterocycles. The molecule has 2 unspecified atom stereocenters. The Morgan fingerprint density at radius 2 is 1.85 bits per heavy atom. The van der Waals surface area contributed by atoms with Crippen LogP contribution >= 0.6 is 11.6 Å². The van der Waals surface area contributed by atoms with Gasteiger partial charge in [-0.25, -0.2) is 10.7 Å². The van der Waals surface area contributed by atoms with E-state index in [4.69, 9.17) is 31.7 Å². The molecule has 2 atom stereocenters. The summed E-state index contributed by atoms with van der Waals surface area (Å²) in [6.45, 7) is 4.72. The van der Waals surface area contributed by atoms with E-state index in [2.05, 4.69) is 4.84 Å². The number of benzene rings is 2. The highest BCUT2D eigenvalue weighted by Gasteiger charge is 2.31. The fourth-order valence-electron chi connectivity index (χ4n) is 2.51. The molecule has 9 nitrogen and oxygen atoms in total. The van der Waals surface area contributed by atoms with Gasteiger partial charge >= 0.3 is 17.8 Å². The second-order valence-corrected chi connectivity index (χ2v) is 7.48. The van der Waals surface area contributed by atoms with Crippen LogP contribution in [0, 0.1) is 10.1 Å². The van der Waals surface area contributed by atoms with Gasteiger partial charge in [0.05, 0.1) is 15.5 Å². The Bertz CT molecular complexity index is 1090. The smallest absolute Gasteiger partial charge is 0.416 e. The van der Waals surface area contributed by atoms with Gasteiger partial charge in [-0.1, -0.05) is 17.2 Å². The fourth-order valence-corrected chi connectivity index (χ4v) is 2.73. The second kappa shape index (κ2) is 11.2. The largest absolute Gasteiger partial charge is 0.472 e. The molecule has 2 aromatic rings. The molecule has 0 spiro atoms. The van der Waals surface area contributed by atoms with Gasteiger partial charge < -0.3 is 14.2 Å². The van der Waals surface area contributed by atoms with Crippen molar-refractivity contribution in [1.82, 2.24) is 0 Å². The second-order valence-electron chi connectivity index (χ2n) is 7.08. The molecule has 0 saturated heterocycles. The molecule has 0 aliphatic rings. The van der Waals surface area contributed by atoms with Crippen LogP contribution in [0.3, 0.4) is 0 Å². The number of carbonyl (C=O) groups is 1. The Hall–Kier alpha value is -3.35. The van der Waals surface area contributed by atoms with E-state index < -0.39 is 40.7 Å². The molecule has 0 fully saturated rings. The number of nitro groups is 1. The molecular formula is C21H20ClF3N2O7. The van der Waals surface area contributed by atoms with Crippen molar-refractivity contribution in [3.63, 3.8) is 0 Å². The van der Waals surface area contributed by atoms with Crippen molar-refractivity contribution in [2.75, 3.05) is 0 Å². The molecule has 2 N–H and O–H groups in total. The Labute approximate surface area is 196 Å². The molecule has 0 aromatic heterocycles. The number of hydrogen-bond donors (Lipinski definition) is 1. The van der Waals surface area contributed by atoms with E-state index in [1.807, 2.05) is 0 Å². The number of nitrogens with two attached hydrogens (primary N) is 1. The van der Waals surface area contributed by atoms with E-state index in [-0.39, 0.29) is 22.3 Å². The summed E-state index contributed by atoms with van der Waals surface area (Å²) < 4.78 is 54.3. The first-order valence-electron chi connectivity index (χ1n) is 9.52. The van der Waals surface area contributed by atoms with Gasteiger partial charge in [-0.15, -0.1) is 0 Å². The van der Waals surface area contributed by atoms with Crippen molar-refractivity contribution in [1.29, 1.82) is 0 Å². The highest BCUT2D eigenvalue weighted by molar-refractivity contribution is 6.32. The van der Waals surface area contributed by atoms with E-state index in [1.165, 1.54) is 19.1 Å². The van der Waals surface area contributed by atoms with E-state index in [1.54, 1.807) is 13.8 Å². The van der Waals surface area contributed by atoms with Crippen LogP contribution in [0.15, 0.2) is 48.0 Å². The van der Waals surface area contributed by atoms with Crippen molar-refractivity contribution in [2.45, 2.75) is 39.3 Å². The predicted molar refractivity (Wildman–Crippen MR) is 114 cm³/mol. The first kappa shape index (κ1) is 26.9. The molecule has 0 saturated carbocycles. The molecule has 2 aromatic carbocycles. The van der Waals surface area contributed by atoms with Gasteiger partial charge in [-0.2, -0.15) is 13.2 Å². The fraction of sp³-hybridized carbons (Fsp3) is 0.286. The van der Waals surface area contributed by atoms with E-state index in [0.29, 0.717) is 6.07 Å². The zero-order chi connectivity index (χ0) is 25.6. The van der Waals surface area contributed by atoms with E-state index in [9.17, 15) is 28.1 Å². The average molecular weight is 505 g/mol. The normalized spacial score (nSPS) is 12.9. The monoisotopic (exact) mass is 504 g/mol. The molecule has 0 bridgehead atoms. The lowest BCUT2D eigenvalue weighted by Gasteiger charge is -2.18. The van der Waals surface area contributed by atoms with Gasteiger partial charge in [-0.05, 0) is 51.1 Å². The summed E-state index contributed by atoms with van der Waals surface area (Å²) in [4.78, 5) is 27.4. The maximum absolute atomic E-state index is 12.8. The molecule has 0 radical (unpaired) electrons. The third-order valence-electron chi connectivity index (χ3n) is 4.09. The Morgan fingerprint density at radius 3 is 2.38 bits per heavy atom. The third kappa shape index (κ3) is 7.33. The topological polar surface area (TPSA) is 123 Å². The van der Waals surface area contributed by atoms with Crippen molar-refractivity contribution in [3.8, 4) is 17.2 Å². The summed E-state index contributed by atoms with van der Waals surface area (Å²) >= 11 is 5.88. The Balaban J connectivity index is 2.26. The molecule has 0 heterocycles. The number of esters is 1. The third-order valence-corrected chi connectivity index (χ3v) is 4.38. The van der Waals surface area contributed by atoms with Gasteiger partial charge in [0.2, 0.25) is 12.0 Å². The van der Waals surface area contributed by atoms with Crippen LogP contribution in [-0.4, -0.2) is 23.3 Å². The zero-order valence-electron chi connectivity index (χ0n) is 18.1. The van der Waals surface area contributed by atoms with Crippen molar-refractivity contribution < 1.29 is 41.9 Å². The minimum absolute atomic E-state index is 0.0458. The highest BCUT2D eigenvalue weighted by atomic mass is 35.5. The van der Waals surface area contributed by atoms with Gasteiger partial charge in [0.1, 0.15) is 11.5 Å². The number of nitrogens with zero attached hydrogens (tertiary/aromatic N) is 1. The van der Waals surface area contributed by atoms with Crippen molar-refractivity contribution in [2.24, 2.45) is 5.90 Å². The predicted octanol–water partition coefficient (Wildman–Crippen LogP) is 5.55. The van der Waals surface area contributed by atoms with Gasteiger partial charge in [-0.3, -0.25) is 15.0 Å². The summed E-state index contributed by atoms with van der Waals surface area (Å²) in [5.41, 5.74) is -0.724. The summed E-state index contributed by atoms with van der Waals surface area (Å²) in [5.74, 6) is 3.61. The number of ether oxygens (including phenoxy) is 3. The Morgan fingerprint density at radius 1 is 1.18 bits per heavy atom. The Kier molecular flexibility index (Phi) is 8.85. The van der Waals surface area contributed by atoms with Crippen LogP contribution in [0.2, 0.25) is 5.02 Å².